The SMILES string of the molecule is O=C(CSc1ccc(NC(=O)c2cccc(Cl)c2)cc1)Nc1cccc(C(F)(F)F)c1. The average molecular weight is 465 g/mol. The van der Waals surface area contributed by atoms with E-state index in [9.17, 15) is 22.8 Å². The van der Waals surface area contributed by atoms with Gasteiger partial charge in [-0.2, -0.15) is 13.2 Å². The second-order valence-corrected chi connectivity index (χ2v) is 7.89. The summed E-state index contributed by atoms with van der Waals surface area (Å²) in [6.07, 6.45) is -4.47. The molecular weight excluding hydrogens is 449 g/mol. The van der Waals surface area contributed by atoms with Gasteiger partial charge in [0.1, 0.15) is 0 Å². The molecule has 0 aliphatic rings. The van der Waals surface area contributed by atoms with Crippen LogP contribution in [0.15, 0.2) is 77.7 Å². The Morgan fingerprint density at radius 1 is 0.871 bits per heavy atom. The first-order valence-electron chi connectivity index (χ1n) is 8.97. The monoisotopic (exact) mass is 464 g/mol. The number of carbonyl (C=O) groups excluding carboxylic acids is 2. The normalized spacial score (nSPS) is 11.1. The van der Waals surface area contributed by atoms with Gasteiger partial charge in [-0.25, -0.2) is 0 Å². The number of carbonyl (C=O) groups is 2. The smallest absolute Gasteiger partial charge is 0.325 e. The lowest BCUT2D eigenvalue weighted by Crippen LogP contribution is -2.15. The lowest BCUT2D eigenvalue weighted by molar-refractivity contribution is -0.137. The Kier molecular flexibility index (Phi) is 7.25. The topological polar surface area (TPSA) is 58.2 Å². The van der Waals surface area contributed by atoms with Gasteiger partial charge in [0, 0.05) is 26.9 Å². The number of hydrogen-bond donors (Lipinski definition) is 2. The van der Waals surface area contributed by atoms with Gasteiger partial charge in [0.05, 0.1) is 11.3 Å². The highest BCUT2D eigenvalue weighted by molar-refractivity contribution is 8.00. The van der Waals surface area contributed by atoms with E-state index in [-0.39, 0.29) is 17.3 Å². The summed E-state index contributed by atoms with van der Waals surface area (Å²) in [4.78, 5) is 25.1. The van der Waals surface area contributed by atoms with Crippen LogP contribution in [0, 0.1) is 0 Å². The van der Waals surface area contributed by atoms with Crippen molar-refractivity contribution in [3.8, 4) is 0 Å². The Labute approximate surface area is 185 Å². The molecule has 160 valence electrons. The van der Waals surface area contributed by atoms with Gasteiger partial charge >= 0.3 is 6.18 Å². The maximum Gasteiger partial charge on any atom is 0.416 e. The minimum atomic E-state index is -4.47. The highest BCUT2D eigenvalue weighted by Gasteiger charge is 2.30. The third kappa shape index (κ3) is 6.77. The molecule has 0 saturated carbocycles. The molecule has 0 bridgehead atoms. The van der Waals surface area contributed by atoms with Crippen molar-refractivity contribution in [3.63, 3.8) is 0 Å². The number of rotatable bonds is 6. The van der Waals surface area contributed by atoms with E-state index in [4.69, 9.17) is 11.6 Å². The van der Waals surface area contributed by atoms with E-state index in [2.05, 4.69) is 10.6 Å². The zero-order chi connectivity index (χ0) is 22.4. The number of anilines is 2. The Morgan fingerprint density at radius 2 is 1.58 bits per heavy atom. The highest BCUT2D eigenvalue weighted by atomic mass is 35.5. The van der Waals surface area contributed by atoms with Crippen molar-refractivity contribution in [2.24, 2.45) is 0 Å². The number of nitrogens with one attached hydrogen (secondary N) is 2. The van der Waals surface area contributed by atoms with Crippen molar-refractivity contribution in [1.82, 2.24) is 0 Å². The molecule has 0 saturated heterocycles. The summed E-state index contributed by atoms with van der Waals surface area (Å²) < 4.78 is 38.3. The van der Waals surface area contributed by atoms with Crippen molar-refractivity contribution < 1.29 is 22.8 Å². The first kappa shape index (κ1) is 22.7. The van der Waals surface area contributed by atoms with Crippen LogP contribution in [0.2, 0.25) is 5.02 Å². The first-order valence-corrected chi connectivity index (χ1v) is 10.3. The molecule has 0 heterocycles. The van der Waals surface area contributed by atoms with Crippen LogP contribution < -0.4 is 10.6 Å². The number of thioether (sulfide) groups is 1. The average Bonchev–Trinajstić information content (AvgIpc) is 2.73. The maximum absolute atomic E-state index is 12.8. The third-order valence-electron chi connectivity index (χ3n) is 4.04. The lowest BCUT2D eigenvalue weighted by atomic mass is 10.2. The summed E-state index contributed by atoms with van der Waals surface area (Å²) in [6.45, 7) is 0. The molecule has 0 atom stereocenters. The summed E-state index contributed by atoms with van der Waals surface area (Å²) in [5.74, 6) is -0.712. The quantitative estimate of drug-likeness (QED) is 0.418. The van der Waals surface area contributed by atoms with Gasteiger partial charge in [-0.3, -0.25) is 9.59 Å². The fourth-order valence-electron chi connectivity index (χ4n) is 2.59. The van der Waals surface area contributed by atoms with E-state index in [1.807, 2.05) is 0 Å². The molecule has 3 aromatic carbocycles. The number of benzene rings is 3. The second-order valence-electron chi connectivity index (χ2n) is 6.40. The summed E-state index contributed by atoms with van der Waals surface area (Å²) in [5.41, 5.74) is 0.257. The van der Waals surface area contributed by atoms with Crippen LogP contribution in [0.1, 0.15) is 15.9 Å². The van der Waals surface area contributed by atoms with Crippen molar-refractivity contribution in [2.75, 3.05) is 16.4 Å². The van der Waals surface area contributed by atoms with Crippen molar-refractivity contribution in [3.05, 3.63) is 88.9 Å². The van der Waals surface area contributed by atoms with Gasteiger partial charge < -0.3 is 10.6 Å². The van der Waals surface area contributed by atoms with Crippen LogP contribution >= 0.6 is 23.4 Å². The Balaban J connectivity index is 1.52. The van der Waals surface area contributed by atoms with Crippen LogP contribution in [0.4, 0.5) is 24.5 Å². The number of alkyl halides is 3. The first-order chi connectivity index (χ1) is 14.7. The van der Waals surface area contributed by atoms with Gasteiger partial charge in [0.15, 0.2) is 0 Å². The Bertz CT molecular complexity index is 1090. The third-order valence-corrected chi connectivity index (χ3v) is 5.29. The predicted molar refractivity (Wildman–Crippen MR) is 117 cm³/mol. The highest BCUT2D eigenvalue weighted by Crippen LogP contribution is 2.30. The molecule has 4 nitrogen and oxygen atoms in total. The molecule has 2 amide bonds. The maximum atomic E-state index is 12.8. The summed E-state index contributed by atoms with van der Waals surface area (Å²) in [5, 5.41) is 5.67. The Hall–Kier alpha value is -2.97. The van der Waals surface area contributed by atoms with Crippen LogP contribution in [-0.4, -0.2) is 17.6 Å². The summed E-state index contributed by atoms with van der Waals surface area (Å²) in [7, 11) is 0. The Morgan fingerprint density at radius 3 is 2.26 bits per heavy atom. The van der Waals surface area contributed by atoms with Crippen LogP contribution in [0.25, 0.3) is 0 Å². The second kappa shape index (κ2) is 9.89. The van der Waals surface area contributed by atoms with Crippen LogP contribution in [0.5, 0.6) is 0 Å². The molecule has 9 heteroatoms. The summed E-state index contributed by atoms with van der Waals surface area (Å²) >= 11 is 7.11. The van der Waals surface area contributed by atoms with Gasteiger partial charge in [-0.05, 0) is 60.7 Å². The molecule has 0 fully saturated rings. The summed E-state index contributed by atoms with van der Waals surface area (Å²) in [6, 6.07) is 17.9. The molecule has 0 spiro atoms. The molecule has 0 unspecified atom stereocenters. The minimum Gasteiger partial charge on any atom is -0.325 e. The molecule has 3 aromatic rings. The molecule has 0 radical (unpaired) electrons. The van der Waals surface area contributed by atoms with E-state index >= 15 is 0 Å². The molecular formula is C22H16ClF3N2O2S. The molecule has 3 rings (SSSR count). The largest absolute Gasteiger partial charge is 0.416 e. The van der Waals surface area contributed by atoms with Gasteiger partial charge in [0.2, 0.25) is 5.91 Å². The molecule has 2 N–H and O–H groups in total. The zero-order valence-electron chi connectivity index (χ0n) is 15.9. The van der Waals surface area contributed by atoms with Crippen molar-refractivity contribution in [2.45, 2.75) is 11.1 Å². The van der Waals surface area contributed by atoms with Gasteiger partial charge in [-0.15, -0.1) is 11.8 Å². The van der Waals surface area contributed by atoms with E-state index in [0.29, 0.717) is 16.3 Å². The van der Waals surface area contributed by atoms with Crippen molar-refractivity contribution in [1.29, 1.82) is 0 Å². The molecule has 0 aromatic heterocycles. The molecule has 31 heavy (non-hydrogen) atoms. The minimum absolute atomic E-state index is 0.0183. The fourth-order valence-corrected chi connectivity index (χ4v) is 3.48. The van der Waals surface area contributed by atoms with E-state index in [1.54, 1.807) is 48.5 Å². The number of hydrogen-bond acceptors (Lipinski definition) is 3. The van der Waals surface area contributed by atoms with E-state index in [0.717, 1.165) is 17.0 Å². The van der Waals surface area contributed by atoms with E-state index < -0.39 is 17.6 Å². The van der Waals surface area contributed by atoms with Crippen LogP contribution in [0.3, 0.4) is 0 Å². The molecule has 0 aliphatic carbocycles. The van der Waals surface area contributed by atoms with Gasteiger partial charge in [0.25, 0.3) is 5.91 Å². The number of amides is 2. The van der Waals surface area contributed by atoms with E-state index in [1.165, 1.54) is 23.9 Å². The van der Waals surface area contributed by atoms with Gasteiger partial charge in [-0.1, -0.05) is 23.7 Å². The van der Waals surface area contributed by atoms with Crippen LogP contribution in [-0.2, 0) is 11.0 Å². The zero-order valence-corrected chi connectivity index (χ0v) is 17.4. The molecule has 0 aliphatic heterocycles. The predicted octanol–water partition coefficient (Wildman–Crippen LogP) is 6.34. The standard InChI is InChI=1S/C22H16ClF3N2O2S/c23-16-5-1-3-14(11-16)21(30)28-17-7-9-19(10-8-17)31-13-20(29)27-18-6-2-4-15(12-18)22(24,25)26/h1-12H,13H2,(H,27,29)(H,28,30). The van der Waals surface area contributed by atoms with Crippen molar-refractivity contribution >= 4 is 46.6 Å². The fraction of sp³-hybridized carbons (Fsp3) is 0.0909. The number of halogens is 4. The lowest BCUT2D eigenvalue weighted by Gasteiger charge is -2.10.